The third kappa shape index (κ3) is 3.41. The Morgan fingerprint density at radius 3 is 2.41 bits per heavy atom. The maximum atomic E-state index is 12.1. The number of H-pyrrole nitrogens is 1. The number of nitrogens with zero attached hydrogens (tertiary/aromatic N) is 1. The molecule has 0 atom stereocenters. The van der Waals surface area contributed by atoms with Crippen LogP contribution in [0.1, 0.15) is 16.1 Å². The minimum atomic E-state index is -0.0564. The number of hydrogen-bond acceptors (Lipinski definition) is 2. The van der Waals surface area contributed by atoms with Gasteiger partial charge in [-0.3, -0.25) is 4.79 Å². The summed E-state index contributed by atoms with van der Waals surface area (Å²) in [6.45, 7) is 0.585. The zero-order valence-electron chi connectivity index (χ0n) is 12.1. The average molecular weight is 291 g/mol. The van der Waals surface area contributed by atoms with E-state index in [1.165, 1.54) is 0 Å². The van der Waals surface area contributed by atoms with E-state index in [0.717, 1.165) is 23.2 Å². The molecular weight excluding hydrogens is 274 g/mol. The summed E-state index contributed by atoms with van der Waals surface area (Å²) in [4.78, 5) is 19.0. The number of nitrogens with one attached hydrogen (secondary N) is 2. The molecule has 1 amide bonds. The summed E-state index contributed by atoms with van der Waals surface area (Å²) in [5, 5.41) is 2.91. The van der Waals surface area contributed by atoms with E-state index in [-0.39, 0.29) is 5.91 Å². The van der Waals surface area contributed by atoms with Crippen molar-refractivity contribution in [3.8, 4) is 11.1 Å². The van der Waals surface area contributed by atoms with E-state index in [2.05, 4.69) is 27.4 Å². The summed E-state index contributed by atoms with van der Waals surface area (Å²) >= 11 is 0. The molecular formula is C18H17N3O. The Kier molecular flexibility index (Phi) is 4.30. The number of carbonyl (C=O) groups is 1. The number of rotatable bonds is 5. The number of benzene rings is 2. The fourth-order valence-electron chi connectivity index (χ4n) is 2.28. The SMILES string of the molecule is O=C(NCCc1cnc[nH]1)c1ccc(-c2ccccc2)cc1. The maximum absolute atomic E-state index is 12.1. The van der Waals surface area contributed by atoms with Gasteiger partial charge >= 0.3 is 0 Å². The highest BCUT2D eigenvalue weighted by molar-refractivity contribution is 5.94. The molecule has 0 radical (unpaired) electrons. The van der Waals surface area contributed by atoms with Crippen molar-refractivity contribution in [2.24, 2.45) is 0 Å². The fraction of sp³-hybridized carbons (Fsp3) is 0.111. The van der Waals surface area contributed by atoms with Crippen molar-refractivity contribution in [2.45, 2.75) is 6.42 Å². The molecule has 22 heavy (non-hydrogen) atoms. The Bertz CT molecular complexity index is 719. The first kappa shape index (κ1) is 14.1. The second kappa shape index (κ2) is 6.72. The molecule has 2 N–H and O–H groups in total. The Hall–Kier alpha value is -2.88. The average Bonchev–Trinajstić information content (AvgIpc) is 3.09. The van der Waals surface area contributed by atoms with Crippen LogP contribution in [0, 0.1) is 0 Å². The van der Waals surface area contributed by atoms with Gasteiger partial charge in [-0.05, 0) is 23.3 Å². The van der Waals surface area contributed by atoms with Crippen LogP contribution < -0.4 is 5.32 Å². The summed E-state index contributed by atoms with van der Waals surface area (Å²) in [5.74, 6) is -0.0564. The van der Waals surface area contributed by atoms with Gasteiger partial charge in [-0.2, -0.15) is 0 Å². The van der Waals surface area contributed by atoms with E-state index in [1.807, 2.05) is 42.5 Å². The molecule has 1 aromatic heterocycles. The Labute approximate surface area is 129 Å². The van der Waals surface area contributed by atoms with E-state index >= 15 is 0 Å². The van der Waals surface area contributed by atoms with Gasteiger partial charge in [0.05, 0.1) is 6.33 Å². The van der Waals surface area contributed by atoms with Crippen molar-refractivity contribution >= 4 is 5.91 Å². The molecule has 3 rings (SSSR count). The predicted molar refractivity (Wildman–Crippen MR) is 86.5 cm³/mol. The van der Waals surface area contributed by atoms with E-state index in [4.69, 9.17) is 0 Å². The number of carbonyl (C=O) groups excluding carboxylic acids is 1. The zero-order valence-corrected chi connectivity index (χ0v) is 12.1. The van der Waals surface area contributed by atoms with Crippen molar-refractivity contribution < 1.29 is 4.79 Å². The summed E-state index contributed by atoms with van der Waals surface area (Å²) in [5.41, 5.74) is 3.94. The van der Waals surface area contributed by atoms with Crippen LogP contribution in [0.3, 0.4) is 0 Å². The molecule has 0 aliphatic rings. The fourth-order valence-corrected chi connectivity index (χ4v) is 2.28. The van der Waals surface area contributed by atoms with Gasteiger partial charge in [-0.25, -0.2) is 4.98 Å². The van der Waals surface area contributed by atoms with Gasteiger partial charge in [-0.15, -0.1) is 0 Å². The Morgan fingerprint density at radius 2 is 1.73 bits per heavy atom. The highest BCUT2D eigenvalue weighted by Gasteiger charge is 2.05. The molecule has 0 saturated heterocycles. The van der Waals surface area contributed by atoms with Crippen LogP contribution in [-0.2, 0) is 6.42 Å². The lowest BCUT2D eigenvalue weighted by Gasteiger charge is -2.06. The Balaban J connectivity index is 1.59. The lowest BCUT2D eigenvalue weighted by Crippen LogP contribution is -2.25. The first-order valence-electron chi connectivity index (χ1n) is 7.24. The first-order valence-corrected chi connectivity index (χ1v) is 7.24. The summed E-state index contributed by atoms with van der Waals surface area (Å²) in [7, 11) is 0. The van der Waals surface area contributed by atoms with Gasteiger partial charge in [-0.1, -0.05) is 42.5 Å². The molecule has 0 bridgehead atoms. The number of hydrogen-bond donors (Lipinski definition) is 2. The van der Waals surface area contributed by atoms with Gasteiger partial charge in [0.25, 0.3) is 5.91 Å². The molecule has 0 saturated carbocycles. The molecule has 1 heterocycles. The monoisotopic (exact) mass is 291 g/mol. The number of aromatic nitrogens is 2. The van der Waals surface area contributed by atoms with Gasteiger partial charge in [0, 0.05) is 30.4 Å². The van der Waals surface area contributed by atoms with Gasteiger partial charge in [0.1, 0.15) is 0 Å². The maximum Gasteiger partial charge on any atom is 0.251 e. The van der Waals surface area contributed by atoms with Gasteiger partial charge < -0.3 is 10.3 Å². The molecule has 0 spiro atoms. The smallest absolute Gasteiger partial charge is 0.251 e. The predicted octanol–water partition coefficient (Wildman–Crippen LogP) is 3.05. The second-order valence-electron chi connectivity index (χ2n) is 5.03. The molecule has 2 aromatic carbocycles. The lowest BCUT2D eigenvalue weighted by atomic mass is 10.0. The largest absolute Gasteiger partial charge is 0.352 e. The standard InChI is InChI=1S/C18H17N3O/c22-18(20-11-10-17-12-19-13-21-17)16-8-6-15(7-9-16)14-4-2-1-3-5-14/h1-9,12-13H,10-11H2,(H,19,21)(H,20,22). The van der Waals surface area contributed by atoms with Crippen LogP contribution in [0.4, 0.5) is 0 Å². The highest BCUT2D eigenvalue weighted by atomic mass is 16.1. The topological polar surface area (TPSA) is 57.8 Å². The van der Waals surface area contributed by atoms with Gasteiger partial charge in [0.2, 0.25) is 0 Å². The second-order valence-corrected chi connectivity index (χ2v) is 5.03. The number of imidazole rings is 1. The van der Waals surface area contributed by atoms with Crippen molar-refractivity contribution in [3.05, 3.63) is 78.4 Å². The lowest BCUT2D eigenvalue weighted by molar-refractivity contribution is 0.0954. The van der Waals surface area contributed by atoms with Crippen molar-refractivity contribution in [3.63, 3.8) is 0 Å². The van der Waals surface area contributed by atoms with Crippen LogP contribution in [0.25, 0.3) is 11.1 Å². The van der Waals surface area contributed by atoms with Crippen molar-refractivity contribution in [1.82, 2.24) is 15.3 Å². The first-order chi connectivity index (χ1) is 10.8. The molecule has 0 unspecified atom stereocenters. The van der Waals surface area contributed by atoms with Gasteiger partial charge in [0.15, 0.2) is 0 Å². The van der Waals surface area contributed by atoms with E-state index < -0.39 is 0 Å². The molecule has 4 heteroatoms. The van der Waals surface area contributed by atoms with Crippen LogP contribution in [0.15, 0.2) is 67.1 Å². The molecule has 0 fully saturated rings. The minimum Gasteiger partial charge on any atom is -0.352 e. The summed E-state index contributed by atoms with van der Waals surface area (Å²) in [6, 6.07) is 17.8. The van der Waals surface area contributed by atoms with Crippen LogP contribution in [-0.4, -0.2) is 22.4 Å². The Morgan fingerprint density at radius 1 is 1.00 bits per heavy atom. The third-order valence-corrected chi connectivity index (χ3v) is 3.49. The molecule has 0 aliphatic carbocycles. The normalized spacial score (nSPS) is 10.4. The molecule has 0 aliphatic heterocycles. The third-order valence-electron chi connectivity index (χ3n) is 3.49. The molecule has 110 valence electrons. The quantitative estimate of drug-likeness (QED) is 0.759. The van der Waals surface area contributed by atoms with E-state index in [0.29, 0.717) is 12.1 Å². The van der Waals surface area contributed by atoms with Crippen LogP contribution in [0.2, 0.25) is 0 Å². The molecule has 3 aromatic rings. The molecule has 4 nitrogen and oxygen atoms in total. The summed E-state index contributed by atoms with van der Waals surface area (Å²) in [6.07, 6.45) is 4.15. The van der Waals surface area contributed by atoms with Crippen LogP contribution >= 0.6 is 0 Å². The van der Waals surface area contributed by atoms with Crippen LogP contribution in [0.5, 0.6) is 0 Å². The van der Waals surface area contributed by atoms with E-state index in [1.54, 1.807) is 12.5 Å². The number of aromatic amines is 1. The van der Waals surface area contributed by atoms with Crippen molar-refractivity contribution in [2.75, 3.05) is 6.54 Å². The highest BCUT2D eigenvalue weighted by Crippen LogP contribution is 2.19. The summed E-state index contributed by atoms with van der Waals surface area (Å²) < 4.78 is 0. The van der Waals surface area contributed by atoms with Crippen molar-refractivity contribution in [1.29, 1.82) is 0 Å². The van der Waals surface area contributed by atoms with E-state index in [9.17, 15) is 4.79 Å². The minimum absolute atomic E-state index is 0.0564. The number of amides is 1. The zero-order chi connectivity index (χ0) is 15.2.